The normalized spacial score (nSPS) is 10.3. The SMILES string of the molecule is CCCNC(=O)c1cncc(N(CC)Cc2ccccc2)c1. The van der Waals surface area contributed by atoms with Crippen molar-refractivity contribution in [2.24, 2.45) is 0 Å². The van der Waals surface area contributed by atoms with Gasteiger partial charge in [-0.1, -0.05) is 37.3 Å². The van der Waals surface area contributed by atoms with Gasteiger partial charge < -0.3 is 10.2 Å². The standard InChI is InChI=1S/C18H23N3O/c1-3-10-20-18(22)16-11-17(13-19-12-16)21(4-2)14-15-8-6-5-7-9-15/h5-9,11-13H,3-4,10,14H2,1-2H3,(H,20,22). The van der Waals surface area contributed by atoms with Crippen molar-refractivity contribution in [2.45, 2.75) is 26.8 Å². The van der Waals surface area contributed by atoms with Crippen LogP contribution in [0.2, 0.25) is 0 Å². The molecule has 0 aliphatic heterocycles. The Hall–Kier alpha value is -2.36. The van der Waals surface area contributed by atoms with E-state index in [1.54, 1.807) is 6.20 Å². The van der Waals surface area contributed by atoms with Gasteiger partial charge in [0.15, 0.2) is 0 Å². The van der Waals surface area contributed by atoms with Crippen LogP contribution >= 0.6 is 0 Å². The lowest BCUT2D eigenvalue weighted by atomic mass is 10.2. The first kappa shape index (κ1) is 16.0. The average Bonchev–Trinajstić information content (AvgIpc) is 2.58. The summed E-state index contributed by atoms with van der Waals surface area (Å²) in [4.78, 5) is 18.5. The first-order chi connectivity index (χ1) is 10.7. The van der Waals surface area contributed by atoms with Gasteiger partial charge in [0.05, 0.1) is 17.4 Å². The third-order valence-electron chi connectivity index (χ3n) is 3.48. The van der Waals surface area contributed by atoms with E-state index in [9.17, 15) is 4.79 Å². The van der Waals surface area contributed by atoms with Gasteiger partial charge in [0.1, 0.15) is 0 Å². The van der Waals surface area contributed by atoms with Gasteiger partial charge in [-0.15, -0.1) is 0 Å². The number of benzene rings is 1. The van der Waals surface area contributed by atoms with Crippen molar-refractivity contribution in [3.05, 3.63) is 59.9 Å². The van der Waals surface area contributed by atoms with Crippen LogP contribution in [0.3, 0.4) is 0 Å². The van der Waals surface area contributed by atoms with E-state index in [-0.39, 0.29) is 5.91 Å². The number of rotatable bonds is 7. The number of hydrogen-bond acceptors (Lipinski definition) is 3. The van der Waals surface area contributed by atoms with Crippen molar-refractivity contribution >= 4 is 11.6 Å². The van der Waals surface area contributed by atoms with Crippen LogP contribution in [-0.2, 0) is 6.54 Å². The Balaban J connectivity index is 2.14. The lowest BCUT2D eigenvalue weighted by molar-refractivity contribution is 0.0953. The molecule has 1 amide bonds. The first-order valence-electron chi connectivity index (χ1n) is 7.76. The summed E-state index contributed by atoms with van der Waals surface area (Å²) in [7, 11) is 0. The van der Waals surface area contributed by atoms with Gasteiger partial charge in [0, 0.05) is 25.8 Å². The second kappa shape index (κ2) is 8.17. The second-order valence-corrected chi connectivity index (χ2v) is 5.19. The van der Waals surface area contributed by atoms with E-state index in [2.05, 4.69) is 34.3 Å². The maximum atomic E-state index is 12.1. The Morgan fingerprint density at radius 2 is 1.95 bits per heavy atom. The van der Waals surface area contributed by atoms with Gasteiger partial charge in [-0.25, -0.2) is 0 Å². The zero-order valence-corrected chi connectivity index (χ0v) is 13.2. The van der Waals surface area contributed by atoms with Crippen LogP contribution in [0.1, 0.15) is 36.2 Å². The van der Waals surface area contributed by atoms with Crippen molar-refractivity contribution in [1.82, 2.24) is 10.3 Å². The Morgan fingerprint density at radius 3 is 2.64 bits per heavy atom. The molecule has 2 rings (SSSR count). The van der Waals surface area contributed by atoms with Gasteiger partial charge in [0.2, 0.25) is 0 Å². The van der Waals surface area contributed by atoms with Crippen LogP contribution in [0, 0.1) is 0 Å². The number of pyridine rings is 1. The molecule has 0 saturated heterocycles. The molecule has 0 unspecified atom stereocenters. The van der Waals surface area contributed by atoms with Crippen LogP contribution in [0.15, 0.2) is 48.8 Å². The summed E-state index contributed by atoms with van der Waals surface area (Å²) >= 11 is 0. The molecule has 116 valence electrons. The van der Waals surface area contributed by atoms with E-state index in [1.165, 1.54) is 5.56 Å². The minimum Gasteiger partial charge on any atom is -0.366 e. The highest BCUT2D eigenvalue weighted by molar-refractivity contribution is 5.94. The molecule has 1 aromatic heterocycles. The molecule has 1 N–H and O–H groups in total. The molecular weight excluding hydrogens is 274 g/mol. The predicted octanol–water partition coefficient (Wildman–Crippen LogP) is 3.25. The van der Waals surface area contributed by atoms with E-state index in [4.69, 9.17) is 0 Å². The Morgan fingerprint density at radius 1 is 1.18 bits per heavy atom. The summed E-state index contributed by atoms with van der Waals surface area (Å²) in [5, 5.41) is 2.89. The van der Waals surface area contributed by atoms with Crippen molar-refractivity contribution in [3.63, 3.8) is 0 Å². The molecule has 0 atom stereocenters. The lowest BCUT2D eigenvalue weighted by Gasteiger charge is -2.23. The zero-order valence-electron chi connectivity index (χ0n) is 13.2. The van der Waals surface area contributed by atoms with Crippen LogP contribution in [0.5, 0.6) is 0 Å². The van der Waals surface area contributed by atoms with E-state index >= 15 is 0 Å². The molecule has 4 heteroatoms. The third kappa shape index (κ3) is 4.32. The molecule has 0 saturated carbocycles. The molecule has 22 heavy (non-hydrogen) atoms. The number of anilines is 1. The van der Waals surface area contributed by atoms with Gasteiger partial charge in [-0.2, -0.15) is 0 Å². The topological polar surface area (TPSA) is 45.2 Å². The fourth-order valence-corrected chi connectivity index (χ4v) is 2.25. The quantitative estimate of drug-likeness (QED) is 0.853. The largest absolute Gasteiger partial charge is 0.366 e. The lowest BCUT2D eigenvalue weighted by Crippen LogP contribution is -2.26. The highest BCUT2D eigenvalue weighted by Gasteiger charge is 2.10. The van der Waals surface area contributed by atoms with Crippen molar-refractivity contribution in [2.75, 3.05) is 18.0 Å². The molecule has 0 bridgehead atoms. The van der Waals surface area contributed by atoms with Crippen molar-refractivity contribution in [1.29, 1.82) is 0 Å². The molecule has 2 aromatic rings. The molecule has 0 radical (unpaired) electrons. The molecule has 1 heterocycles. The highest BCUT2D eigenvalue weighted by Crippen LogP contribution is 2.17. The van der Waals surface area contributed by atoms with Crippen LogP contribution in [-0.4, -0.2) is 24.0 Å². The highest BCUT2D eigenvalue weighted by atomic mass is 16.1. The number of nitrogens with zero attached hydrogens (tertiary/aromatic N) is 2. The Labute approximate surface area is 132 Å². The molecule has 1 aromatic carbocycles. The Kier molecular flexibility index (Phi) is 5.95. The van der Waals surface area contributed by atoms with Crippen molar-refractivity contribution in [3.8, 4) is 0 Å². The first-order valence-corrected chi connectivity index (χ1v) is 7.76. The number of nitrogens with one attached hydrogen (secondary N) is 1. The summed E-state index contributed by atoms with van der Waals surface area (Å²) in [5.74, 6) is -0.0630. The molecular formula is C18H23N3O. The van der Waals surface area contributed by atoms with Crippen LogP contribution < -0.4 is 10.2 Å². The number of amides is 1. The molecule has 4 nitrogen and oxygen atoms in total. The number of carbonyl (C=O) groups is 1. The van der Waals surface area contributed by atoms with Gasteiger partial charge in [-0.3, -0.25) is 9.78 Å². The van der Waals surface area contributed by atoms with E-state index in [1.807, 2.05) is 37.4 Å². The maximum absolute atomic E-state index is 12.1. The summed E-state index contributed by atoms with van der Waals surface area (Å²) in [6.07, 6.45) is 4.35. The second-order valence-electron chi connectivity index (χ2n) is 5.19. The fraction of sp³-hybridized carbons (Fsp3) is 0.333. The number of aromatic nitrogens is 1. The molecule has 0 aliphatic rings. The fourth-order valence-electron chi connectivity index (χ4n) is 2.25. The molecule has 0 fully saturated rings. The minimum absolute atomic E-state index is 0.0630. The van der Waals surface area contributed by atoms with Gasteiger partial charge in [0.25, 0.3) is 5.91 Å². The maximum Gasteiger partial charge on any atom is 0.252 e. The number of hydrogen-bond donors (Lipinski definition) is 1. The van der Waals surface area contributed by atoms with Gasteiger partial charge in [-0.05, 0) is 25.0 Å². The molecule has 0 spiro atoms. The van der Waals surface area contributed by atoms with Crippen LogP contribution in [0.25, 0.3) is 0 Å². The Bertz CT molecular complexity index is 598. The summed E-state index contributed by atoms with van der Waals surface area (Å²) in [6, 6.07) is 12.2. The number of carbonyl (C=O) groups excluding carboxylic acids is 1. The van der Waals surface area contributed by atoms with Gasteiger partial charge >= 0.3 is 0 Å². The summed E-state index contributed by atoms with van der Waals surface area (Å²) in [6.45, 7) is 6.49. The van der Waals surface area contributed by atoms with E-state index in [0.29, 0.717) is 12.1 Å². The summed E-state index contributed by atoms with van der Waals surface area (Å²) < 4.78 is 0. The van der Waals surface area contributed by atoms with E-state index < -0.39 is 0 Å². The smallest absolute Gasteiger partial charge is 0.252 e. The molecule has 0 aliphatic carbocycles. The average molecular weight is 297 g/mol. The van der Waals surface area contributed by atoms with Crippen LogP contribution in [0.4, 0.5) is 5.69 Å². The summed E-state index contributed by atoms with van der Waals surface area (Å²) in [5.41, 5.74) is 2.82. The van der Waals surface area contributed by atoms with Crippen molar-refractivity contribution < 1.29 is 4.79 Å². The monoisotopic (exact) mass is 297 g/mol. The minimum atomic E-state index is -0.0630. The third-order valence-corrected chi connectivity index (χ3v) is 3.48. The predicted molar refractivity (Wildman–Crippen MR) is 90.0 cm³/mol. The zero-order chi connectivity index (χ0) is 15.8. The van der Waals surface area contributed by atoms with E-state index in [0.717, 1.165) is 25.2 Å².